The molecular weight excluding hydrogens is 272 g/mol. The van der Waals surface area contributed by atoms with Gasteiger partial charge in [0, 0.05) is 5.92 Å². The minimum atomic E-state index is -0.972. The number of rotatable bonds is 7. The zero-order chi connectivity index (χ0) is 15.2. The van der Waals surface area contributed by atoms with Gasteiger partial charge in [-0.15, -0.1) is 5.10 Å². The van der Waals surface area contributed by atoms with Gasteiger partial charge in [0.1, 0.15) is 12.2 Å². The largest absolute Gasteiger partial charge is 0.480 e. The van der Waals surface area contributed by atoms with E-state index in [1.807, 2.05) is 6.92 Å². The number of amides is 1. The molecule has 2 rings (SSSR count). The van der Waals surface area contributed by atoms with Crippen LogP contribution in [0.4, 0.5) is 0 Å². The molecule has 7 heteroatoms. The average Bonchev–Trinajstić information content (AvgIpc) is 3.07. The van der Waals surface area contributed by atoms with E-state index in [-0.39, 0.29) is 24.9 Å². The Hall–Kier alpha value is -1.92. The van der Waals surface area contributed by atoms with Crippen molar-refractivity contribution < 1.29 is 14.7 Å². The number of carbonyl (C=O) groups excluding carboxylic acids is 1. The van der Waals surface area contributed by atoms with Crippen molar-refractivity contribution >= 4 is 11.9 Å². The Balaban J connectivity index is 1.74. The summed E-state index contributed by atoms with van der Waals surface area (Å²) in [6.07, 6.45) is 7.52. The van der Waals surface area contributed by atoms with Crippen molar-refractivity contribution in [1.29, 1.82) is 0 Å². The predicted molar refractivity (Wildman–Crippen MR) is 75.2 cm³/mol. The van der Waals surface area contributed by atoms with Crippen LogP contribution in [0, 0.1) is 11.8 Å². The molecule has 1 amide bonds. The summed E-state index contributed by atoms with van der Waals surface area (Å²) in [5, 5.41) is 19.0. The van der Waals surface area contributed by atoms with Gasteiger partial charge in [0.25, 0.3) is 0 Å². The molecule has 0 spiro atoms. The molecule has 0 aliphatic heterocycles. The second-order valence-electron chi connectivity index (χ2n) is 5.81. The number of aromatic nitrogens is 3. The molecular formula is C14H22N4O3. The minimum absolute atomic E-state index is 0.00200. The highest BCUT2D eigenvalue weighted by atomic mass is 16.4. The van der Waals surface area contributed by atoms with Crippen molar-refractivity contribution in [1.82, 2.24) is 20.3 Å². The van der Waals surface area contributed by atoms with Gasteiger partial charge in [-0.2, -0.15) is 0 Å². The van der Waals surface area contributed by atoms with Crippen molar-refractivity contribution in [2.75, 3.05) is 0 Å². The molecule has 1 aromatic rings. The van der Waals surface area contributed by atoms with Gasteiger partial charge in [-0.1, -0.05) is 37.8 Å². The molecule has 1 aliphatic carbocycles. The molecule has 2 N–H and O–H groups in total. The van der Waals surface area contributed by atoms with Gasteiger partial charge in [0.05, 0.1) is 12.7 Å². The van der Waals surface area contributed by atoms with Crippen molar-refractivity contribution in [2.45, 2.75) is 52.1 Å². The van der Waals surface area contributed by atoms with E-state index in [1.54, 1.807) is 0 Å². The fourth-order valence-electron chi connectivity index (χ4n) is 2.84. The molecule has 0 radical (unpaired) electrons. The third-order valence-electron chi connectivity index (χ3n) is 3.94. The summed E-state index contributed by atoms with van der Waals surface area (Å²) in [4.78, 5) is 22.6. The van der Waals surface area contributed by atoms with E-state index < -0.39 is 5.97 Å². The van der Waals surface area contributed by atoms with Gasteiger partial charge in [0.15, 0.2) is 0 Å². The first-order valence-electron chi connectivity index (χ1n) is 7.43. The van der Waals surface area contributed by atoms with Crippen molar-refractivity contribution in [3.63, 3.8) is 0 Å². The molecule has 1 unspecified atom stereocenters. The van der Waals surface area contributed by atoms with E-state index in [0.717, 1.165) is 6.42 Å². The molecule has 0 saturated heterocycles. The monoisotopic (exact) mass is 294 g/mol. The molecule has 1 aliphatic rings. The van der Waals surface area contributed by atoms with Crippen molar-refractivity contribution in [3.05, 3.63) is 11.9 Å². The van der Waals surface area contributed by atoms with Crippen LogP contribution in [0.25, 0.3) is 0 Å². The standard InChI is InChI=1S/C14H22N4O3/c1-10(6-11-4-2-3-5-11)14(21)15-7-12-8-18(17-16-12)9-13(19)20/h8,10-11H,2-7,9H2,1H3,(H,15,21)(H,19,20). The number of hydrogen-bond acceptors (Lipinski definition) is 4. The highest BCUT2D eigenvalue weighted by Gasteiger charge is 2.21. The normalized spacial score (nSPS) is 16.8. The lowest BCUT2D eigenvalue weighted by Crippen LogP contribution is -2.29. The SMILES string of the molecule is CC(CC1CCCC1)C(=O)NCc1cn(CC(=O)O)nn1. The fourth-order valence-corrected chi connectivity index (χ4v) is 2.84. The Bertz CT molecular complexity index is 494. The number of carboxylic acids is 1. The highest BCUT2D eigenvalue weighted by Crippen LogP contribution is 2.30. The third-order valence-corrected chi connectivity index (χ3v) is 3.94. The van der Waals surface area contributed by atoms with Gasteiger partial charge in [-0.25, -0.2) is 4.68 Å². The molecule has 1 aromatic heterocycles. The molecule has 1 fully saturated rings. The van der Waals surface area contributed by atoms with Crippen LogP contribution in [0.5, 0.6) is 0 Å². The summed E-state index contributed by atoms with van der Waals surface area (Å²) in [5.41, 5.74) is 0.567. The Morgan fingerprint density at radius 1 is 1.48 bits per heavy atom. The maximum Gasteiger partial charge on any atom is 0.325 e. The third kappa shape index (κ3) is 4.84. The van der Waals surface area contributed by atoms with Crippen LogP contribution < -0.4 is 5.32 Å². The van der Waals surface area contributed by atoms with E-state index in [9.17, 15) is 9.59 Å². The van der Waals surface area contributed by atoms with E-state index in [0.29, 0.717) is 11.6 Å². The lowest BCUT2D eigenvalue weighted by atomic mass is 9.94. The maximum atomic E-state index is 12.0. The summed E-state index contributed by atoms with van der Waals surface area (Å²) in [6, 6.07) is 0. The lowest BCUT2D eigenvalue weighted by Gasteiger charge is -2.15. The second kappa shape index (κ2) is 7.19. The molecule has 0 aromatic carbocycles. The van der Waals surface area contributed by atoms with E-state index in [1.165, 1.54) is 36.6 Å². The number of aliphatic carboxylic acids is 1. The first kappa shape index (κ1) is 15.5. The zero-order valence-electron chi connectivity index (χ0n) is 12.3. The summed E-state index contributed by atoms with van der Waals surface area (Å²) in [6.45, 7) is 2.02. The number of carbonyl (C=O) groups is 2. The van der Waals surface area contributed by atoms with Gasteiger partial charge in [-0.3, -0.25) is 9.59 Å². The Labute approximate surface area is 123 Å². The summed E-state index contributed by atoms with van der Waals surface area (Å²) in [7, 11) is 0. The lowest BCUT2D eigenvalue weighted by molar-refractivity contribution is -0.138. The first-order valence-corrected chi connectivity index (χ1v) is 7.43. The fraction of sp³-hybridized carbons (Fsp3) is 0.714. The maximum absolute atomic E-state index is 12.0. The molecule has 1 saturated carbocycles. The highest BCUT2D eigenvalue weighted by molar-refractivity contribution is 5.78. The van der Waals surface area contributed by atoms with Crippen LogP contribution in [0.2, 0.25) is 0 Å². The number of carboxylic acid groups (broad SMARTS) is 1. The molecule has 1 heterocycles. The number of nitrogens with zero attached hydrogens (tertiary/aromatic N) is 3. The second-order valence-corrected chi connectivity index (χ2v) is 5.81. The van der Waals surface area contributed by atoms with Gasteiger partial charge in [-0.05, 0) is 12.3 Å². The topological polar surface area (TPSA) is 97.1 Å². The molecule has 7 nitrogen and oxygen atoms in total. The number of hydrogen-bond donors (Lipinski definition) is 2. The van der Waals surface area contributed by atoms with Gasteiger partial charge >= 0.3 is 5.97 Å². The quantitative estimate of drug-likeness (QED) is 0.787. The molecule has 116 valence electrons. The van der Waals surface area contributed by atoms with Gasteiger partial charge < -0.3 is 10.4 Å². The molecule has 21 heavy (non-hydrogen) atoms. The summed E-state index contributed by atoms with van der Waals surface area (Å²) in [5.74, 6) is -0.264. The van der Waals surface area contributed by atoms with Crippen LogP contribution in [0.1, 0.15) is 44.7 Å². The van der Waals surface area contributed by atoms with Crippen LogP contribution in [-0.4, -0.2) is 32.0 Å². The Kier molecular flexibility index (Phi) is 5.30. The van der Waals surface area contributed by atoms with Crippen LogP contribution in [0.3, 0.4) is 0 Å². The summed E-state index contributed by atoms with van der Waals surface area (Å²) < 4.78 is 1.24. The van der Waals surface area contributed by atoms with Crippen LogP contribution in [0.15, 0.2) is 6.20 Å². The first-order chi connectivity index (χ1) is 10.0. The summed E-state index contributed by atoms with van der Waals surface area (Å²) >= 11 is 0. The number of nitrogens with one attached hydrogen (secondary N) is 1. The minimum Gasteiger partial charge on any atom is -0.480 e. The van der Waals surface area contributed by atoms with Crippen molar-refractivity contribution in [3.8, 4) is 0 Å². The average molecular weight is 294 g/mol. The zero-order valence-corrected chi connectivity index (χ0v) is 12.3. The molecule has 0 bridgehead atoms. The van der Waals surface area contributed by atoms with Crippen molar-refractivity contribution in [2.24, 2.45) is 11.8 Å². The molecule has 1 atom stereocenters. The van der Waals surface area contributed by atoms with E-state index >= 15 is 0 Å². The Morgan fingerprint density at radius 3 is 2.86 bits per heavy atom. The smallest absolute Gasteiger partial charge is 0.325 e. The van der Waals surface area contributed by atoms with Crippen LogP contribution >= 0.6 is 0 Å². The van der Waals surface area contributed by atoms with E-state index in [4.69, 9.17) is 5.11 Å². The van der Waals surface area contributed by atoms with Crippen LogP contribution in [-0.2, 0) is 22.7 Å². The van der Waals surface area contributed by atoms with Gasteiger partial charge in [0.2, 0.25) is 5.91 Å². The predicted octanol–water partition coefficient (Wildman–Crippen LogP) is 1.20. The van der Waals surface area contributed by atoms with E-state index in [2.05, 4.69) is 15.6 Å². The Morgan fingerprint density at radius 2 is 2.19 bits per heavy atom.